The maximum absolute atomic E-state index is 13.7. The zero-order valence-corrected chi connectivity index (χ0v) is 18.2. The van der Waals surface area contributed by atoms with Gasteiger partial charge in [-0.1, -0.05) is 36.4 Å². The number of rotatable bonds is 4. The molecule has 2 aliphatic rings. The number of methoxy groups -OCH3 is 1. The Morgan fingerprint density at radius 1 is 0.812 bits per heavy atom. The Hall–Kier alpha value is -3.64. The molecule has 0 aliphatic carbocycles. The van der Waals surface area contributed by atoms with Crippen LogP contribution >= 0.6 is 0 Å². The van der Waals surface area contributed by atoms with E-state index in [1.165, 1.54) is 4.90 Å². The third kappa shape index (κ3) is 3.15. The van der Waals surface area contributed by atoms with Gasteiger partial charge in [0.15, 0.2) is 6.10 Å². The number of carbonyl (C=O) groups excluding carboxylic acids is 2. The smallest absolute Gasteiger partial charge is 0.266 e. The van der Waals surface area contributed by atoms with Crippen LogP contribution in [0.2, 0.25) is 0 Å². The lowest BCUT2D eigenvalue weighted by molar-refractivity contribution is -0.126. The highest BCUT2D eigenvalue weighted by molar-refractivity contribution is 6.24. The van der Waals surface area contributed by atoms with Crippen molar-refractivity contribution < 1.29 is 19.2 Å². The fourth-order valence-corrected chi connectivity index (χ4v) is 4.50. The number of hydrogen-bond donors (Lipinski definition) is 0. The van der Waals surface area contributed by atoms with Gasteiger partial charge >= 0.3 is 0 Å². The molecule has 2 saturated heterocycles. The molecule has 2 aliphatic heterocycles. The Labute approximate surface area is 186 Å². The van der Waals surface area contributed by atoms with Gasteiger partial charge in [0, 0.05) is 0 Å². The molecule has 2 heterocycles. The van der Waals surface area contributed by atoms with E-state index in [1.54, 1.807) is 12.2 Å². The molecule has 2 amide bonds. The molecule has 3 atom stereocenters. The number of imide groups is 1. The fraction of sp³-hybridized carbons (Fsp3) is 0.231. The average Bonchev–Trinajstić information content (AvgIpc) is 3.32. The summed E-state index contributed by atoms with van der Waals surface area (Å²) < 4.78 is 5.41. The van der Waals surface area contributed by atoms with Gasteiger partial charge in [0.25, 0.3) is 5.91 Å². The van der Waals surface area contributed by atoms with Crippen molar-refractivity contribution in [2.45, 2.75) is 26.0 Å². The van der Waals surface area contributed by atoms with E-state index in [0.29, 0.717) is 11.4 Å². The first-order chi connectivity index (χ1) is 15.5. The molecule has 0 saturated carbocycles. The Kier molecular flexibility index (Phi) is 4.94. The van der Waals surface area contributed by atoms with Crippen LogP contribution in [-0.2, 0) is 14.4 Å². The summed E-state index contributed by atoms with van der Waals surface area (Å²) in [6.07, 6.45) is -0.888. The van der Waals surface area contributed by atoms with E-state index in [0.717, 1.165) is 22.4 Å². The first-order valence-electron chi connectivity index (χ1n) is 10.6. The van der Waals surface area contributed by atoms with E-state index in [4.69, 9.17) is 9.57 Å². The number of nitrogens with zero attached hydrogens (tertiary/aromatic N) is 2. The summed E-state index contributed by atoms with van der Waals surface area (Å²) in [6, 6.07) is 22.2. The highest BCUT2D eigenvalue weighted by Gasteiger charge is 2.60. The van der Waals surface area contributed by atoms with Crippen LogP contribution in [0, 0.1) is 19.8 Å². The van der Waals surface area contributed by atoms with Crippen LogP contribution in [0.1, 0.15) is 22.7 Å². The third-order valence-electron chi connectivity index (χ3n) is 6.31. The highest BCUT2D eigenvalue weighted by atomic mass is 16.7. The number of hydroxylamine groups is 1. The molecule has 162 valence electrons. The molecule has 3 aromatic carbocycles. The van der Waals surface area contributed by atoms with Gasteiger partial charge in [-0.15, -0.1) is 0 Å². The van der Waals surface area contributed by atoms with Crippen LogP contribution < -0.4 is 14.7 Å². The van der Waals surface area contributed by atoms with Crippen LogP contribution in [0.25, 0.3) is 0 Å². The van der Waals surface area contributed by atoms with E-state index in [2.05, 4.69) is 0 Å². The quantitative estimate of drug-likeness (QED) is 0.578. The predicted molar refractivity (Wildman–Crippen MR) is 121 cm³/mol. The lowest BCUT2D eigenvalue weighted by Crippen LogP contribution is -2.37. The van der Waals surface area contributed by atoms with Gasteiger partial charge in [-0.2, -0.15) is 0 Å². The largest absolute Gasteiger partial charge is 0.497 e. The van der Waals surface area contributed by atoms with Crippen LogP contribution in [0.5, 0.6) is 5.75 Å². The molecule has 0 unspecified atom stereocenters. The van der Waals surface area contributed by atoms with Gasteiger partial charge in [-0.05, 0) is 66.9 Å². The number of para-hydroxylation sites is 1. The van der Waals surface area contributed by atoms with Crippen molar-refractivity contribution in [3.8, 4) is 5.75 Å². The van der Waals surface area contributed by atoms with Crippen molar-refractivity contribution in [3.05, 3.63) is 89.5 Å². The fourth-order valence-electron chi connectivity index (χ4n) is 4.50. The minimum absolute atomic E-state index is 0.255. The second-order valence-corrected chi connectivity index (χ2v) is 8.22. The normalized spacial score (nSPS) is 22.4. The Bertz CT molecular complexity index is 1190. The molecule has 3 aromatic rings. The third-order valence-corrected chi connectivity index (χ3v) is 6.31. The number of amides is 2. The maximum atomic E-state index is 13.7. The van der Waals surface area contributed by atoms with Gasteiger partial charge in [-0.25, -0.2) is 9.96 Å². The molecule has 0 aromatic heterocycles. The van der Waals surface area contributed by atoms with Crippen molar-refractivity contribution in [3.63, 3.8) is 0 Å². The predicted octanol–water partition coefficient (Wildman–Crippen LogP) is 4.36. The summed E-state index contributed by atoms with van der Waals surface area (Å²) in [4.78, 5) is 34.5. The van der Waals surface area contributed by atoms with E-state index in [-0.39, 0.29) is 11.8 Å². The number of benzene rings is 3. The number of ether oxygens (including phenoxy) is 1. The number of hydrogen-bond acceptors (Lipinski definition) is 5. The molecule has 32 heavy (non-hydrogen) atoms. The van der Waals surface area contributed by atoms with Crippen LogP contribution in [0.15, 0.2) is 72.8 Å². The number of anilines is 2. The zero-order valence-electron chi connectivity index (χ0n) is 18.2. The standard InChI is InChI=1S/C26H24N2O4/c1-16-12-13-20(14-17(16)2)27-25(29)22-23(18-8-7-11-21(15-18)31-3)28(32-24(22)26(27)30)19-9-5-4-6-10-19/h4-15,22-24H,1-3H3/t22-,23-,24-/m1/s1. The summed E-state index contributed by atoms with van der Waals surface area (Å²) in [5, 5.41) is 1.69. The summed E-state index contributed by atoms with van der Waals surface area (Å²) in [5.74, 6) is -0.581. The first-order valence-corrected chi connectivity index (χ1v) is 10.6. The molecule has 0 spiro atoms. The van der Waals surface area contributed by atoms with E-state index < -0.39 is 18.1 Å². The Morgan fingerprint density at radius 3 is 2.31 bits per heavy atom. The van der Waals surface area contributed by atoms with Gasteiger partial charge < -0.3 is 4.74 Å². The van der Waals surface area contributed by atoms with Crippen LogP contribution in [-0.4, -0.2) is 25.0 Å². The molecule has 6 nitrogen and oxygen atoms in total. The topological polar surface area (TPSA) is 59.1 Å². The van der Waals surface area contributed by atoms with Crippen molar-refractivity contribution in [1.29, 1.82) is 0 Å². The second-order valence-electron chi connectivity index (χ2n) is 8.22. The van der Waals surface area contributed by atoms with Crippen LogP contribution in [0.3, 0.4) is 0 Å². The number of aryl methyl sites for hydroxylation is 2. The molecule has 0 N–H and O–H groups in total. The van der Waals surface area contributed by atoms with Crippen molar-refractivity contribution in [2.24, 2.45) is 5.92 Å². The van der Waals surface area contributed by atoms with Crippen molar-refractivity contribution in [2.75, 3.05) is 17.1 Å². The summed E-state index contributed by atoms with van der Waals surface area (Å²) >= 11 is 0. The van der Waals surface area contributed by atoms with Gasteiger partial charge in [0.1, 0.15) is 11.7 Å². The maximum Gasteiger partial charge on any atom is 0.266 e. The lowest BCUT2D eigenvalue weighted by Gasteiger charge is -2.29. The average molecular weight is 428 g/mol. The lowest BCUT2D eigenvalue weighted by atomic mass is 9.90. The monoisotopic (exact) mass is 428 g/mol. The minimum atomic E-state index is -0.888. The second kappa shape index (κ2) is 7.80. The SMILES string of the molecule is COc1cccc([C@@H]2[C@H]3C(=O)N(c4ccc(C)c(C)c4)C(=O)[C@@H]3ON2c2ccccc2)c1. The van der Waals surface area contributed by atoms with E-state index in [1.807, 2.05) is 86.6 Å². The Balaban J connectivity index is 1.59. The zero-order chi connectivity index (χ0) is 22.4. The van der Waals surface area contributed by atoms with E-state index >= 15 is 0 Å². The minimum Gasteiger partial charge on any atom is -0.497 e. The van der Waals surface area contributed by atoms with Crippen molar-refractivity contribution >= 4 is 23.2 Å². The van der Waals surface area contributed by atoms with Gasteiger partial charge in [0.2, 0.25) is 5.91 Å². The summed E-state index contributed by atoms with van der Waals surface area (Å²) in [5.41, 5.74) is 4.35. The molecule has 0 bridgehead atoms. The first kappa shape index (κ1) is 20.3. The highest BCUT2D eigenvalue weighted by Crippen LogP contribution is 2.48. The molecular weight excluding hydrogens is 404 g/mol. The molecule has 2 fully saturated rings. The molecule has 0 radical (unpaired) electrons. The molecular formula is C26H24N2O4. The van der Waals surface area contributed by atoms with Gasteiger partial charge in [-0.3, -0.25) is 14.4 Å². The van der Waals surface area contributed by atoms with Crippen LogP contribution in [0.4, 0.5) is 11.4 Å². The molecule has 6 heteroatoms. The van der Waals surface area contributed by atoms with E-state index in [9.17, 15) is 9.59 Å². The molecule has 5 rings (SSSR count). The Morgan fingerprint density at radius 2 is 1.59 bits per heavy atom. The van der Waals surface area contributed by atoms with Crippen molar-refractivity contribution in [1.82, 2.24) is 0 Å². The number of fused-ring (bicyclic) bond motifs is 1. The summed E-state index contributed by atoms with van der Waals surface area (Å²) in [6.45, 7) is 3.97. The van der Waals surface area contributed by atoms with Gasteiger partial charge in [0.05, 0.1) is 24.5 Å². The summed E-state index contributed by atoms with van der Waals surface area (Å²) in [7, 11) is 1.60. The number of carbonyl (C=O) groups is 2.